The predicted octanol–water partition coefficient (Wildman–Crippen LogP) is 1.73. The molecule has 4 heteroatoms. The Morgan fingerprint density at radius 1 is 1.29 bits per heavy atom. The Morgan fingerprint density at radius 2 is 2.00 bits per heavy atom. The molecule has 4 nitrogen and oxygen atoms in total. The fourth-order valence-corrected chi connectivity index (χ4v) is 1.90. The number of benzene rings is 1. The summed E-state index contributed by atoms with van der Waals surface area (Å²) in [6.07, 6.45) is 1.97. The molecule has 0 aromatic heterocycles. The second-order valence-electron chi connectivity index (χ2n) is 4.14. The fraction of sp³-hybridized carbons (Fsp3) is 0.462. The molecule has 0 heterocycles. The van der Waals surface area contributed by atoms with Gasteiger partial charge in [-0.05, 0) is 36.1 Å². The van der Waals surface area contributed by atoms with Crippen molar-refractivity contribution in [2.24, 2.45) is 0 Å². The number of hydrogen-bond donors (Lipinski definition) is 1. The van der Waals surface area contributed by atoms with Crippen LogP contribution in [0, 0.1) is 0 Å². The van der Waals surface area contributed by atoms with Gasteiger partial charge in [-0.2, -0.15) is 0 Å². The van der Waals surface area contributed by atoms with E-state index in [9.17, 15) is 4.79 Å². The van der Waals surface area contributed by atoms with Gasteiger partial charge in [0.25, 0.3) is 0 Å². The highest BCUT2D eigenvalue weighted by atomic mass is 16.7. The minimum atomic E-state index is -0.485. The van der Waals surface area contributed by atoms with Crippen LogP contribution in [0.15, 0.2) is 18.2 Å². The van der Waals surface area contributed by atoms with Crippen molar-refractivity contribution in [1.82, 2.24) is 0 Å². The largest absolute Gasteiger partial charge is 0.355 e. The molecule has 1 aliphatic carbocycles. The van der Waals surface area contributed by atoms with Gasteiger partial charge >= 0.3 is 0 Å². The molecule has 1 amide bonds. The van der Waals surface area contributed by atoms with Crippen molar-refractivity contribution in [3.63, 3.8) is 0 Å². The van der Waals surface area contributed by atoms with Crippen LogP contribution in [0.4, 0.5) is 5.69 Å². The molecule has 17 heavy (non-hydrogen) atoms. The molecule has 0 aliphatic heterocycles. The predicted molar refractivity (Wildman–Crippen MR) is 64.9 cm³/mol. The number of anilines is 1. The van der Waals surface area contributed by atoms with Gasteiger partial charge in [0.05, 0.1) is 6.42 Å². The van der Waals surface area contributed by atoms with Gasteiger partial charge in [0.1, 0.15) is 0 Å². The number of carbonyl (C=O) groups is 1. The summed E-state index contributed by atoms with van der Waals surface area (Å²) < 4.78 is 9.96. The maximum absolute atomic E-state index is 11.7. The standard InChI is InChI=1S/C13H17NO3/c1-16-13(17-2)8-12(15)14-11-6-5-9-3-4-10(9)7-11/h5-7,13H,3-4,8H2,1-2H3,(H,14,15). The van der Waals surface area contributed by atoms with Crippen molar-refractivity contribution >= 4 is 11.6 Å². The van der Waals surface area contributed by atoms with Crippen molar-refractivity contribution in [3.05, 3.63) is 29.3 Å². The zero-order chi connectivity index (χ0) is 12.3. The van der Waals surface area contributed by atoms with Crippen LogP contribution < -0.4 is 5.32 Å². The van der Waals surface area contributed by atoms with E-state index in [0.717, 1.165) is 18.5 Å². The van der Waals surface area contributed by atoms with Gasteiger partial charge < -0.3 is 14.8 Å². The first-order chi connectivity index (χ1) is 8.22. The molecule has 1 N–H and O–H groups in total. The van der Waals surface area contributed by atoms with E-state index in [2.05, 4.69) is 11.4 Å². The number of carbonyl (C=O) groups excluding carboxylic acids is 1. The van der Waals surface area contributed by atoms with Crippen LogP contribution >= 0.6 is 0 Å². The van der Waals surface area contributed by atoms with Gasteiger partial charge in [0.2, 0.25) is 5.91 Å². The Kier molecular flexibility index (Phi) is 3.76. The molecule has 1 aromatic carbocycles. The zero-order valence-electron chi connectivity index (χ0n) is 10.2. The van der Waals surface area contributed by atoms with E-state index in [1.165, 1.54) is 25.3 Å². The first-order valence-corrected chi connectivity index (χ1v) is 5.70. The smallest absolute Gasteiger partial charge is 0.229 e. The van der Waals surface area contributed by atoms with Gasteiger partial charge in [0, 0.05) is 19.9 Å². The second kappa shape index (κ2) is 5.29. The topological polar surface area (TPSA) is 47.6 Å². The molecule has 0 unspecified atom stereocenters. The van der Waals surface area contributed by atoms with E-state index in [-0.39, 0.29) is 12.3 Å². The first kappa shape index (κ1) is 12.1. The molecule has 0 fully saturated rings. The molecular weight excluding hydrogens is 218 g/mol. The number of ether oxygens (including phenoxy) is 2. The van der Waals surface area contributed by atoms with Crippen LogP contribution in [0.2, 0.25) is 0 Å². The quantitative estimate of drug-likeness (QED) is 0.791. The van der Waals surface area contributed by atoms with Crippen molar-refractivity contribution in [2.75, 3.05) is 19.5 Å². The molecule has 1 aromatic rings. The Morgan fingerprint density at radius 3 is 2.53 bits per heavy atom. The maximum atomic E-state index is 11.7. The Bertz CT molecular complexity index is 413. The molecular formula is C13H17NO3. The molecule has 0 radical (unpaired) electrons. The van der Waals surface area contributed by atoms with Gasteiger partial charge in [-0.25, -0.2) is 0 Å². The van der Waals surface area contributed by atoms with Gasteiger partial charge in [-0.1, -0.05) is 6.07 Å². The summed E-state index contributed by atoms with van der Waals surface area (Å²) in [5.41, 5.74) is 3.56. The SMILES string of the molecule is COC(CC(=O)Nc1ccc2c(c1)CC2)OC. The summed E-state index contributed by atoms with van der Waals surface area (Å²) in [6, 6.07) is 6.04. The summed E-state index contributed by atoms with van der Waals surface area (Å²) in [7, 11) is 3.04. The average molecular weight is 235 g/mol. The van der Waals surface area contributed by atoms with Gasteiger partial charge in [-0.15, -0.1) is 0 Å². The second-order valence-corrected chi connectivity index (χ2v) is 4.14. The van der Waals surface area contributed by atoms with Crippen LogP contribution in [-0.4, -0.2) is 26.4 Å². The number of rotatable bonds is 5. The lowest BCUT2D eigenvalue weighted by Gasteiger charge is -2.20. The number of hydrogen-bond acceptors (Lipinski definition) is 3. The van der Waals surface area contributed by atoms with Crippen LogP contribution in [0.3, 0.4) is 0 Å². The van der Waals surface area contributed by atoms with Crippen LogP contribution in [-0.2, 0) is 27.1 Å². The molecule has 1 aliphatic rings. The fourth-order valence-electron chi connectivity index (χ4n) is 1.90. The monoisotopic (exact) mass is 235 g/mol. The number of nitrogens with one attached hydrogen (secondary N) is 1. The van der Waals surface area contributed by atoms with Crippen LogP contribution in [0.5, 0.6) is 0 Å². The highest BCUT2D eigenvalue weighted by Crippen LogP contribution is 2.25. The highest BCUT2D eigenvalue weighted by molar-refractivity contribution is 5.91. The Balaban J connectivity index is 1.91. The summed E-state index contributed by atoms with van der Waals surface area (Å²) >= 11 is 0. The third kappa shape index (κ3) is 2.84. The summed E-state index contributed by atoms with van der Waals surface area (Å²) in [6.45, 7) is 0. The first-order valence-electron chi connectivity index (χ1n) is 5.70. The van der Waals surface area contributed by atoms with E-state index >= 15 is 0 Å². The van der Waals surface area contributed by atoms with Crippen LogP contribution in [0.1, 0.15) is 17.5 Å². The Labute approximate surface area is 101 Å². The zero-order valence-corrected chi connectivity index (χ0v) is 10.2. The summed E-state index contributed by atoms with van der Waals surface area (Å²) in [5.74, 6) is -0.0991. The number of aryl methyl sites for hydroxylation is 2. The van der Waals surface area contributed by atoms with Crippen molar-refractivity contribution in [3.8, 4) is 0 Å². The minimum Gasteiger partial charge on any atom is -0.355 e. The molecule has 92 valence electrons. The number of fused-ring (bicyclic) bond motifs is 1. The normalized spacial score (nSPS) is 13.1. The molecule has 0 bridgehead atoms. The van der Waals surface area contributed by atoms with Gasteiger partial charge in [-0.3, -0.25) is 4.79 Å². The highest BCUT2D eigenvalue weighted by Gasteiger charge is 2.15. The van der Waals surface area contributed by atoms with Crippen molar-refractivity contribution in [2.45, 2.75) is 25.6 Å². The third-order valence-electron chi connectivity index (χ3n) is 3.03. The lowest BCUT2D eigenvalue weighted by Crippen LogP contribution is -2.23. The maximum Gasteiger partial charge on any atom is 0.229 e. The Hall–Kier alpha value is -1.39. The summed E-state index contributed by atoms with van der Waals surface area (Å²) in [5, 5.41) is 2.84. The average Bonchev–Trinajstić information content (AvgIpc) is 2.29. The van der Waals surface area contributed by atoms with E-state index in [0.29, 0.717) is 0 Å². The number of amides is 1. The molecule has 2 rings (SSSR count). The molecule has 0 spiro atoms. The third-order valence-corrected chi connectivity index (χ3v) is 3.03. The van der Waals surface area contributed by atoms with E-state index in [1.807, 2.05) is 12.1 Å². The molecule has 0 saturated heterocycles. The van der Waals surface area contributed by atoms with E-state index in [4.69, 9.17) is 9.47 Å². The van der Waals surface area contributed by atoms with Gasteiger partial charge in [0.15, 0.2) is 6.29 Å². The lowest BCUT2D eigenvalue weighted by molar-refractivity contribution is -0.134. The molecule has 0 atom stereocenters. The van der Waals surface area contributed by atoms with E-state index < -0.39 is 6.29 Å². The van der Waals surface area contributed by atoms with E-state index in [1.54, 1.807) is 0 Å². The minimum absolute atomic E-state index is 0.0991. The van der Waals surface area contributed by atoms with Crippen molar-refractivity contribution < 1.29 is 14.3 Å². The summed E-state index contributed by atoms with van der Waals surface area (Å²) in [4.78, 5) is 11.7. The van der Waals surface area contributed by atoms with Crippen molar-refractivity contribution in [1.29, 1.82) is 0 Å². The number of methoxy groups -OCH3 is 2. The van der Waals surface area contributed by atoms with Crippen LogP contribution in [0.25, 0.3) is 0 Å². The molecule has 0 saturated carbocycles. The lowest BCUT2D eigenvalue weighted by atomic mass is 9.88.